The molecule has 2 aliphatic carbocycles. The van der Waals surface area contributed by atoms with Gasteiger partial charge in [-0.2, -0.15) is 8.42 Å². The second-order valence-corrected chi connectivity index (χ2v) is 16.4. The minimum Gasteiger partial charge on any atom is -0.496 e. The average molecular weight is 797 g/mol. The van der Waals surface area contributed by atoms with Crippen LogP contribution in [-0.2, 0) is 30.5 Å². The molecule has 6 rings (SSSR count). The van der Waals surface area contributed by atoms with Crippen molar-refractivity contribution in [3.8, 4) is 33.8 Å². The van der Waals surface area contributed by atoms with Crippen molar-refractivity contribution < 1.29 is 42.9 Å². The van der Waals surface area contributed by atoms with Crippen molar-refractivity contribution in [1.29, 1.82) is 0 Å². The first kappa shape index (κ1) is 42.4. The molecule has 0 atom stereocenters. The maximum Gasteiger partial charge on any atom is 0.261 e. The predicted molar refractivity (Wildman–Crippen MR) is 205 cm³/mol. The molecule has 0 bridgehead atoms. The minimum absolute atomic E-state index is 0. The van der Waals surface area contributed by atoms with Crippen LogP contribution in [0.2, 0.25) is 0 Å². The number of hydrogen-bond donors (Lipinski definition) is 2. The molecule has 0 amide bonds. The van der Waals surface area contributed by atoms with E-state index in [9.17, 15) is 8.42 Å². The molecule has 4 aromatic rings. The number of ether oxygens (including phenoxy) is 2. The summed E-state index contributed by atoms with van der Waals surface area (Å²) in [5, 5.41) is 1.59. The van der Waals surface area contributed by atoms with Crippen molar-refractivity contribution in [2.45, 2.75) is 83.0 Å². The van der Waals surface area contributed by atoms with E-state index in [4.69, 9.17) is 19.8 Å². The number of hydrogen-bond acceptors (Lipinski definition) is 5. The molecule has 2 aliphatic rings. The van der Waals surface area contributed by atoms with Crippen molar-refractivity contribution in [3.63, 3.8) is 0 Å². The first-order chi connectivity index (χ1) is 22.7. The molecule has 0 unspecified atom stereocenters. The fourth-order valence-electron chi connectivity index (χ4n) is 6.74. The third-order valence-electron chi connectivity index (χ3n) is 8.78. The van der Waals surface area contributed by atoms with Gasteiger partial charge in [-0.05, 0) is 71.8 Å². The number of nitrogen functional groups attached to an aromatic ring is 1. The SMILES string of the molecule is C.COc1cccc(OC)c1-c1ccccc1P(C1CCCCC1)C1CCCCC1.CS(=O)(=O)O.Nc1ccccc1-c1[c-]cccc1.[Pd]. The quantitative estimate of drug-likeness (QED) is 0.0636. The summed E-state index contributed by atoms with van der Waals surface area (Å²) in [7, 11) is -0.309. The molecule has 0 aliphatic heterocycles. The zero-order chi connectivity index (χ0) is 33.6. The molecule has 9 heteroatoms. The van der Waals surface area contributed by atoms with Crippen LogP contribution in [0.1, 0.15) is 71.6 Å². The Morgan fingerprint density at radius 1 is 0.714 bits per heavy atom. The Labute approximate surface area is 310 Å². The molecule has 0 spiro atoms. The molecular weight excluding hydrogens is 744 g/mol. The van der Waals surface area contributed by atoms with Crippen LogP contribution in [0, 0.1) is 6.07 Å². The van der Waals surface area contributed by atoms with E-state index in [1.54, 1.807) is 19.5 Å². The van der Waals surface area contributed by atoms with E-state index in [1.807, 2.05) is 54.6 Å². The van der Waals surface area contributed by atoms with Gasteiger partial charge >= 0.3 is 0 Å². The standard InChI is InChI=1S/C26H35O2P.C12H10N.CH4O3S.CH4.Pd/c1-27-23-17-11-18-24(28-2)26(23)22-16-9-10-19-25(22)29(20-12-5-3-6-13-20)21-14-7-4-8-15-21;13-12-9-5-4-8-11(12)10-6-2-1-3-7-10;1-5(2,3)4;;/h9-11,16-21H,3-8,12-15H2,1-2H3;1-6,8-9H,13H2;1H3,(H,2,3,4);1H4;/q;-1;;;. The Balaban J connectivity index is 0.000000347. The topological polar surface area (TPSA) is 98.8 Å². The molecular formula is C40H53NO5PPdS-. The van der Waals surface area contributed by atoms with Crippen molar-refractivity contribution in [2.75, 3.05) is 26.2 Å². The predicted octanol–water partition coefficient (Wildman–Crippen LogP) is 10.0. The summed E-state index contributed by atoms with van der Waals surface area (Å²) in [5.74, 6) is 1.83. The van der Waals surface area contributed by atoms with Gasteiger partial charge in [0.25, 0.3) is 10.1 Å². The third kappa shape index (κ3) is 12.8. The first-order valence-corrected chi connectivity index (χ1v) is 19.9. The van der Waals surface area contributed by atoms with E-state index >= 15 is 0 Å². The van der Waals surface area contributed by atoms with E-state index in [2.05, 4.69) is 42.5 Å². The summed E-state index contributed by atoms with van der Waals surface area (Å²) in [6.45, 7) is 0. The molecule has 2 fully saturated rings. The van der Waals surface area contributed by atoms with Gasteiger partial charge in [0.1, 0.15) is 11.5 Å². The van der Waals surface area contributed by atoms with Crippen molar-refractivity contribution >= 4 is 29.0 Å². The molecule has 0 heterocycles. The van der Waals surface area contributed by atoms with Crippen molar-refractivity contribution in [2.24, 2.45) is 0 Å². The number of rotatable bonds is 7. The molecule has 6 nitrogen and oxygen atoms in total. The van der Waals surface area contributed by atoms with Crippen molar-refractivity contribution in [3.05, 3.63) is 97.1 Å². The van der Waals surface area contributed by atoms with Crippen LogP contribution in [0.3, 0.4) is 0 Å². The Kier molecular flexibility index (Phi) is 18.6. The molecule has 4 aromatic carbocycles. The van der Waals surface area contributed by atoms with Crippen molar-refractivity contribution in [1.82, 2.24) is 0 Å². The normalized spacial score (nSPS) is 14.9. The van der Waals surface area contributed by atoms with Gasteiger partial charge in [-0.1, -0.05) is 108 Å². The summed E-state index contributed by atoms with van der Waals surface area (Å²) in [6.07, 6.45) is 14.9. The van der Waals surface area contributed by atoms with Crippen LogP contribution >= 0.6 is 7.92 Å². The summed E-state index contributed by atoms with van der Waals surface area (Å²) in [6, 6.07) is 34.1. The van der Waals surface area contributed by atoms with Gasteiger partial charge in [0.15, 0.2) is 0 Å². The maximum absolute atomic E-state index is 9.19. The maximum atomic E-state index is 9.19. The van der Waals surface area contributed by atoms with Gasteiger partial charge in [-0.25, -0.2) is 0 Å². The summed E-state index contributed by atoms with van der Waals surface area (Å²) < 4.78 is 37.5. The Morgan fingerprint density at radius 3 is 1.65 bits per heavy atom. The Morgan fingerprint density at radius 2 is 1.18 bits per heavy atom. The van der Waals surface area contributed by atoms with E-state index in [0.717, 1.165) is 45.2 Å². The average Bonchev–Trinajstić information content (AvgIpc) is 3.09. The van der Waals surface area contributed by atoms with E-state index < -0.39 is 10.1 Å². The van der Waals surface area contributed by atoms with Gasteiger partial charge in [0.05, 0.1) is 26.0 Å². The van der Waals surface area contributed by atoms with Crippen LogP contribution < -0.4 is 20.5 Å². The smallest absolute Gasteiger partial charge is 0.261 e. The van der Waals surface area contributed by atoms with Gasteiger partial charge in [0, 0.05) is 20.4 Å². The summed E-state index contributed by atoms with van der Waals surface area (Å²) >= 11 is 0. The van der Waals surface area contributed by atoms with Crippen LogP contribution in [0.15, 0.2) is 91.0 Å². The number of anilines is 1. The van der Waals surface area contributed by atoms with Gasteiger partial charge in [-0.15, -0.1) is 35.9 Å². The number of methoxy groups -OCH3 is 2. The fraction of sp³-hybridized carbons (Fsp3) is 0.400. The van der Waals surface area contributed by atoms with Crippen LogP contribution in [-0.4, -0.2) is 44.8 Å². The molecule has 0 aromatic heterocycles. The molecule has 49 heavy (non-hydrogen) atoms. The van der Waals surface area contributed by atoms with E-state index in [-0.39, 0.29) is 35.8 Å². The zero-order valence-electron chi connectivity index (χ0n) is 28.2. The molecule has 270 valence electrons. The monoisotopic (exact) mass is 796 g/mol. The second kappa shape index (κ2) is 21.5. The van der Waals surface area contributed by atoms with Crippen LogP contribution in [0.25, 0.3) is 22.3 Å². The van der Waals surface area contributed by atoms with Crippen LogP contribution in [0.4, 0.5) is 5.69 Å². The molecule has 0 saturated heterocycles. The number of benzene rings is 4. The summed E-state index contributed by atoms with van der Waals surface area (Å²) in [5.41, 5.74) is 12.9. The minimum atomic E-state index is -3.67. The van der Waals surface area contributed by atoms with Gasteiger partial charge in [0.2, 0.25) is 0 Å². The largest absolute Gasteiger partial charge is 0.496 e. The van der Waals surface area contributed by atoms with E-state index in [1.165, 1.54) is 69.8 Å². The second-order valence-electron chi connectivity index (χ2n) is 12.1. The Hall–Kier alpha value is -2.72. The first-order valence-electron chi connectivity index (χ1n) is 16.5. The molecule has 2 saturated carbocycles. The number of nitrogens with two attached hydrogens (primary N) is 1. The number of para-hydroxylation sites is 1. The summed E-state index contributed by atoms with van der Waals surface area (Å²) in [4.78, 5) is 0. The zero-order valence-corrected chi connectivity index (χ0v) is 31.5. The third-order valence-corrected chi connectivity index (χ3v) is 12.3. The van der Waals surface area contributed by atoms with Gasteiger partial charge < -0.3 is 15.2 Å². The molecule has 3 N–H and O–H groups in total. The Bertz CT molecular complexity index is 1590. The van der Waals surface area contributed by atoms with Gasteiger partial charge in [-0.3, -0.25) is 4.55 Å². The fourth-order valence-corrected chi connectivity index (χ4v) is 10.7. The van der Waals surface area contributed by atoms with Crippen LogP contribution in [0.5, 0.6) is 11.5 Å². The molecule has 0 radical (unpaired) electrons. The van der Waals surface area contributed by atoms with E-state index in [0.29, 0.717) is 6.26 Å².